The molecule has 0 fully saturated rings. The number of ether oxygens (including phenoxy) is 1. The Morgan fingerprint density at radius 1 is 1.44 bits per heavy atom. The van der Waals surface area contributed by atoms with E-state index in [4.69, 9.17) is 0 Å². The van der Waals surface area contributed by atoms with Crippen molar-refractivity contribution in [2.24, 2.45) is 0 Å². The van der Waals surface area contributed by atoms with E-state index in [2.05, 4.69) is 26.0 Å². The van der Waals surface area contributed by atoms with Gasteiger partial charge < -0.3 is 10.1 Å². The maximum atomic E-state index is 11.2. The molecule has 0 heterocycles. The van der Waals surface area contributed by atoms with Crippen molar-refractivity contribution >= 4 is 27.8 Å². The lowest BCUT2D eigenvalue weighted by Crippen LogP contribution is -2.19. The first-order chi connectivity index (χ1) is 7.54. The summed E-state index contributed by atoms with van der Waals surface area (Å²) in [4.78, 5) is 22.0. The number of nitrogens with one attached hydrogen (secondary N) is 1. The van der Waals surface area contributed by atoms with Gasteiger partial charge in [0.1, 0.15) is 0 Å². The van der Waals surface area contributed by atoms with Gasteiger partial charge in [-0.3, -0.25) is 4.79 Å². The Balaban J connectivity index is 2.83. The summed E-state index contributed by atoms with van der Waals surface area (Å²) in [6.07, 6.45) is 0. The highest BCUT2D eigenvalue weighted by molar-refractivity contribution is 9.10. The molecule has 86 valence electrons. The molecule has 1 N–H and O–H groups in total. The van der Waals surface area contributed by atoms with Crippen LogP contribution in [0.4, 0.5) is 0 Å². The van der Waals surface area contributed by atoms with Gasteiger partial charge in [-0.1, -0.05) is 22.0 Å². The van der Waals surface area contributed by atoms with Gasteiger partial charge in [-0.2, -0.15) is 0 Å². The summed E-state index contributed by atoms with van der Waals surface area (Å²) in [5.41, 5.74) is 1.38. The molecule has 0 aliphatic carbocycles. The lowest BCUT2D eigenvalue weighted by Gasteiger charge is -2.06. The predicted molar refractivity (Wildman–Crippen MR) is 63.0 cm³/mol. The molecule has 0 radical (unpaired) electrons. The average Bonchev–Trinajstić information content (AvgIpc) is 2.26. The maximum absolute atomic E-state index is 11.2. The van der Waals surface area contributed by atoms with Crippen LogP contribution in [0.5, 0.6) is 0 Å². The molecule has 1 rings (SSSR count). The minimum atomic E-state index is -0.383. The van der Waals surface area contributed by atoms with Crippen molar-refractivity contribution < 1.29 is 14.3 Å². The van der Waals surface area contributed by atoms with Crippen LogP contribution in [0.2, 0.25) is 0 Å². The molecule has 0 spiro atoms. The second-order valence-corrected chi connectivity index (χ2v) is 4.06. The van der Waals surface area contributed by atoms with Crippen molar-refractivity contribution in [3.8, 4) is 0 Å². The fraction of sp³-hybridized carbons (Fsp3) is 0.273. The van der Waals surface area contributed by atoms with Crippen LogP contribution in [0.3, 0.4) is 0 Å². The van der Waals surface area contributed by atoms with Crippen LogP contribution >= 0.6 is 15.9 Å². The monoisotopic (exact) mass is 285 g/mol. The van der Waals surface area contributed by atoms with Gasteiger partial charge in [-0.05, 0) is 17.7 Å². The standard InChI is InChI=1S/C11H12BrNO3/c1-7(14)13-6-9-4-3-8(5-10(9)12)11(15)16-2/h3-5H,6H2,1-2H3,(H,13,14). The molecule has 0 unspecified atom stereocenters. The second-order valence-electron chi connectivity index (χ2n) is 3.21. The molecule has 0 aliphatic heterocycles. The van der Waals surface area contributed by atoms with Gasteiger partial charge in [0.25, 0.3) is 0 Å². The Hall–Kier alpha value is -1.36. The van der Waals surface area contributed by atoms with Crippen LogP contribution in [0, 0.1) is 0 Å². The van der Waals surface area contributed by atoms with E-state index in [0.717, 1.165) is 10.0 Å². The molecule has 0 aromatic heterocycles. The number of carbonyl (C=O) groups is 2. The predicted octanol–water partition coefficient (Wildman–Crippen LogP) is 1.87. The van der Waals surface area contributed by atoms with Crippen LogP contribution in [0.25, 0.3) is 0 Å². The number of hydrogen-bond donors (Lipinski definition) is 1. The molecule has 1 aromatic rings. The smallest absolute Gasteiger partial charge is 0.337 e. The number of carbonyl (C=O) groups excluding carboxylic acids is 2. The van der Waals surface area contributed by atoms with Gasteiger partial charge in [0.05, 0.1) is 12.7 Å². The van der Waals surface area contributed by atoms with Crippen LogP contribution in [0.1, 0.15) is 22.8 Å². The maximum Gasteiger partial charge on any atom is 0.337 e. The Bertz CT molecular complexity index is 418. The zero-order valence-electron chi connectivity index (χ0n) is 9.04. The van der Waals surface area contributed by atoms with E-state index >= 15 is 0 Å². The topological polar surface area (TPSA) is 55.4 Å². The van der Waals surface area contributed by atoms with Crippen molar-refractivity contribution in [3.63, 3.8) is 0 Å². The van der Waals surface area contributed by atoms with Crippen LogP contribution < -0.4 is 5.32 Å². The Kier molecular flexibility index (Phi) is 4.49. The summed E-state index contributed by atoms with van der Waals surface area (Å²) in [5, 5.41) is 2.68. The fourth-order valence-corrected chi connectivity index (χ4v) is 1.67. The van der Waals surface area contributed by atoms with Gasteiger partial charge >= 0.3 is 5.97 Å². The first-order valence-electron chi connectivity index (χ1n) is 4.65. The van der Waals surface area contributed by atoms with Crippen LogP contribution in [0.15, 0.2) is 22.7 Å². The summed E-state index contributed by atoms with van der Waals surface area (Å²) in [7, 11) is 1.33. The first kappa shape index (κ1) is 12.7. The summed E-state index contributed by atoms with van der Waals surface area (Å²) in [6, 6.07) is 5.10. The van der Waals surface area contributed by atoms with Crippen molar-refractivity contribution in [1.29, 1.82) is 0 Å². The minimum absolute atomic E-state index is 0.0936. The molecule has 1 amide bonds. The van der Waals surface area contributed by atoms with E-state index in [-0.39, 0.29) is 11.9 Å². The summed E-state index contributed by atoms with van der Waals surface area (Å²) >= 11 is 3.34. The third-order valence-corrected chi connectivity index (χ3v) is 2.74. The zero-order chi connectivity index (χ0) is 12.1. The molecule has 0 aliphatic rings. The Morgan fingerprint density at radius 3 is 2.62 bits per heavy atom. The van der Waals surface area contributed by atoms with E-state index < -0.39 is 0 Å². The lowest BCUT2D eigenvalue weighted by atomic mass is 10.1. The molecule has 0 saturated heterocycles. The highest BCUT2D eigenvalue weighted by Gasteiger charge is 2.08. The Labute approximate surface area is 102 Å². The number of halogens is 1. The molecule has 1 aromatic carbocycles. The van der Waals surface area contributed by atoms with E-state index in [1.165, 1.54) is 14.0 Å². The summed E-state index contributed by atoms with van der Waals surface area (Å²) < 4.78 is 5.37. The van der Waals surface area contributed by atoms with Crippen LogP contribution in [-0.2, 0) is 16.1 Å². The molecule has 0 atom stereocenters. The normalized spacial score (nSPS) is 9.69. The molecular formula is C11H12BrNO3. The fourth-order valence-electron chi connectivity index (χ4n) is 1.16. The highest BCUT2D eigenvalue weighted by atomic mass is 79.9. The quantitative estimate of drug-likeness (QED) is 0.863. The van der Waals surface area contributed by atoms with Gasteiger partial charge in [-0.25, -0.2) is 4.79 Å². The number of amides is 1. The molecule has 16 heavy (non-hydrogen) atoms. The summed E-state index contributed by atoms with van der Waals surface area (Å²) in [6.45, 7) is 1.88. The van der Waals surface area contributed by atoms with E-state index in [1.807, 2.05) is 0 Å². The third-order valence-electron chi connectivity index (χ3n) is 2.00. The molecular weight excluding hydrogens is 274 g/mol. The van der Waals surface area contributed by atoms with Gasteiger partial charge in [0.15, 0.2) is 0 Å². The Morgan fingerprint density at radius 2 is 2.12 bits per heavy atom. The number of methoxy groups -OCH3 is 1. The van der Waals surface area contributed by atoms with Crippen LogP contribution in [-0.4, -0.2) is 19.0 Å². The van der Waals surface area contributed by atoms with Gasteiger partial charge in [0.2, 0.25) is 5.91 Å². The molecule has 5 heteroatoms. The van der Waals surface area contributed by atoms with Gasteiger partial charge in [-0.15, -0.1) is 0 Å². The number of benzene rings is 1. The van der Waals surface area contributed by atoms with E-state index in [9.17, 15) is 9.59 Å². The minimum Gasteiger partial charge on any atom is -0.465 e. The lowest BCUT2D eigenvalue weighted by molar-refractivity contribution is -0.119. The molecule has 0 bridgehead atoms. The van der Waals surface area contributed by atoms with Gasteiger partial charge in [0, 0.05) is 17.9 Å². The molecule has 4 nitrogen and oxygen atoms in total. The van der Waals surface area contributed by atoms with E-state index in [1.54, 1.807) is 18.2 Å². The first-order valence-corrected chi connectivity index (χ1v) is 5.45. The zero-order valence-corrected chi connectivity index (χ0v) is 10.6. The number of esters is 1. The van der Waals surface area contributed by atoms with Crippen molar-refractivity contribution in [3.05, 3.63) is 33.8 Å². The number of hydrogen-bond acceptors (Lipinski definition) is 3. The SMILES string of the molecule is COC(=O)c1ccc(CNC(C)=O)c(Br)c1. The largest absolute Gasteiger partial charge is 0.465 e. The highest BCUT2D eigenvalue weighted by Crippen LogP contribution is 2.19. The summed E-state index contributed by atoms with van der Waals surface area (Å²) in [5.74, 6) is -0.476. The average molecular weight is 286 g/mol. The second kappa shape index (κ2) is 5.65. The van der Waals surface area contributed by atoms with E-state index in [0.29, 0.717) is 12.1 Å². The van der Waals surface area contributed by atoms with Crippen molar-refractivity contribution in [1.82, 2.24) is 5.32 Å². The van der Waals surface area contributed by atoms with Crippen molar-refractivity contribution in [2.45, 2.75) is 13.5 Å². The molecule has 0 saturated carbocycles. The third kappa shape index (κ3) is 3.34. The van der Waals surface area contributed by atoms with Crippen molar-refractivity contribution in [2.75, 3.05) is 7.11 Å². The number of rotatable bonds is 3.